The lowest BCUT2D eigenvalue weighted by molar-refractivity contribution is 0.0805. The average Bonchev–Trinajstić information content (AvgIpc) is 3.00. The molecule has 1 atom stereocenters. The minimum Gasteiger partial charge on any atom is -0.466 e. The zero-order valence-electron chi connectivity index (χ0n) is 11.9. The molecule has 0 aliphatic carbocycles. The molecule has 1 N–H and O–H groups in total. The molecule has 0 saturated heterocycles. The van der Waals surface area contributed by atoms with E-state index in [2.05, 4.69) is 5.32 Å². The number of rotatable bonds is 5. The van der Waals surface area contributed by atoms with Crippen LogP contribution < -0.4 is 10.1 Å². The number of carbonyl (C=O) groups excluding carboxylic acids is 2. The van der Waals surface area contributed by atoms with E-state index in [1.54, 1.807) is 30.3 Å². The normalized spacial score (nSPS) is 12.5. The lowest BCUT2D eigenvalue weighted by Crippen LogP contribution is -2.47. The van der Waals surface area contributed by atoms with E-state index in [4.69, 9.17) is 44.0 Å². The number of nitrogens with one attached hydrogen (secondary N) is 1. The summed E-state index contributed by atoms with van der Waals surface area (Å²) in [5, 5.41) is 2.43. The van der Waals surface area contributed by atoms with E-state index in [0.717, 1.165) is 0 Å². The number of hydrogen-bond acceptors (Lipinski definition) is 4. The number of furan rings is 1. The van der Waals surface area contributed by atoms with Crippen LogP contribution in [0.15, 0.2) is 47.1 Å². The number of carbonyl (C=O) groups is 2. The first-order valence-electron chi connectivity index (χ1n) is 6.46. The van der Waals surface area contributed by atoms with Crippen molar-refractivity contribution in [3.8, 4) is 5.75 Å². The summed E-state index contributed by atoms with van der Waals surface area (Å²) in [5.41, 5.74) is 0.516. The Morgan fingerprint density at radius 3 is 2.30 bits per heavy atom. The maximum Gasteiger partial charge on any atom is 0.289 e. The molecule has 0 unspecified atom stereocenters. The quantitative estimate of drug-likeness (QED) is 0.487. The number of ether oxygens (including phenoxy) is 1. The second-order valence-corrected chi connectivity index (χ2v) is 6.94. The van der Waals surface area contributed by atoms with Crippen LogP contribution in [0.5, 0.6) is 5.75 Å². The molecule has 0 radical (unpaired) electrons. The molecule has 1 amide bonds. The molecule has 0 fully saturated rings. The molecular formula is C15H12Cl3NO4. The zero-order chi connectivity index (χ0) is 17.0. The molecular weight excluding hydrogens is 365 g/mol. The van der Waals surface area contributed by atoms with E-state index in [1.807, 2.05) is 0 Å². The first-order valence-corrected chi connectivity index (χ1v) is 7.59. The van der Waals surface area contributed by atoms with Crippen LogP contribution in [0.2, 0.25) is 0 Å². The van der Waals surface area contributed by atoms with Gasteiger partial charge in [-0.2, -0.15) is 0 Å². The van der Waals surface area contributed by atoms with Crippen molar-refractivity contribution in [2.75, 3.05) is 0 Å². The van der Waals surface area contributed by atoms with E-state index in [-0.39, 0.29) is 11.5 Å². The van der Waals surface area contributed by atoms with Gasteiger partial charge in [0.15, 0.2) is 11.5 Å². The lowest BCUT2D eigenvalue weighted by atomic mass is 10.1. The Morgan fingerprint density at radius 2 is 1.83 bits per heavy atom. The van der Waals surface area contributed by atoms with E-state index in [0.29, 0.717) is 11.3 Å². The first-order chi connectivity index (χ1) is 10.8. The minimum atomic E-state index is -1.92. The molecule has 8 heteroatoms. The molecule has 2 aromatic rings. The average molecular weight is 377 g/mol. The van der Waals surface area contributed by atoms with E-state index >= 15 is 0 Å². The van der Waals surface area contributed by atoms with Gasteiger partial charge < -0.3 is 14.5 Å². The second-order valence-electron chi connectivity index (χ2n) is 4.57. The van der Waals surface area contributed by atoms with Gasteiger partial charge in [-0.15, -0.1) is 0 Å². The first kappa shape index (κ1) is 17.7. The Balaban J connectivity index is 2.13. The monoisotopic (exact) mass is 375 g/mol. The summed E-state index contributed by atoms with van der Waals surface area (Å²) in [5.74, 6) is -0.293. The van der Waals surface area contributed by atoms with Gasteiger partial charge in [0.25, 0.3) is 5.91 Å². The second kappa shape index (κ2) is 7.25. The number of alkyl halides is 3. The van der Waals surface area contributed by atoms with Crippen LogP contribution in [-0.2, 0) is 0 Å². The predicted molar refractivity (Wildman–Crippen MR) is 87.3 cm³/mol. The van der Waals surface area contributed by atoms with Crippen molar-refractivity contribution in [2.24, 2.45) is 0 Å². The molecule has 23 heavy (non-hydrogen) atoms. The van der Waals surface area contributed by atoms with Gasteiger partial charge in [0.05, 0.1) is 6.26 Å². The zero-order valence-corrected chi connectivity index (χ0v) is 14.2. The summed E-state index contributed by atoms with van der Waals surface area (Å²) in [6.45, 7) is 1.45. The van der Waals surface area contributed by atoms with Crippen LogP contribution in [0.4, 0.5) is 0 Å². The standard InChI is InChI=1S/C15H12Cl3NO4/c1-9(20)10-4-6-11(7-5-10)23-14(15(16,17)18)19-13(21)12-3-2-8-22-12/h2-8,14H,1H3,(H,19,21)/t14-/m0/s1. The van der Waals surface area contributed by atoms with Gasteiger partial charge in [-0.05, 0) is 43.3 Å². The molecule has 1 aromatic heterocycles. The van der Waals surface area contributed by atoms with E-state index in [1.165, 1.54) is 19.3 Å². The number of ketones is 1. The smallest absolute Gasteiger partial charge is 0.289 e. The van der Waals surface area contributed by atoms with Crippen molar-refractivity contribution >= 4 is 46.5 Å². The van der Waals surface area contributed by atoms with Crippen molar-refractivity contribution in [1.29, 1.82) is 0 Å². The highest BCUT2D eigenvalue weighted by molar-refractivity contribution is 6.68. The van der Waals surface area contributed by atoms with Gasteiger partial charge in [0.1, 0.15) is 5.75 Å². The fourth-order valence-electron chi connectivity index (χ4n) is 1.68. The molecule has 0 aliphatic heterocycles. The molecule has 0 bridgehead atoms. The Kier molecular flexibility index (Phi) is 5.57. The summed E-state index contributed by atoms with van der Waals surface area (Å²) in [6.07, 6.45) is 0.0916. The van der Waals surface area contributed by atoms with E-state index < -0.39 is 15.9 Å². The largest absolute Gasteiger partial charge is 0.466 e. The summed E-state index contributed by atoms with van der Waals surface area (Å²) in [4.78, 5) is 23.2. The van der Waals surface area contributed by atoms with Crippen LogP contribution in [0.25, 0.3) is 0 Å². The fourth-order valence-corrected chi connectivity index (χ4v) is 1.98. The molecule has 0 aliphatic rings. The van der Waals surface area contributed by atoms with Crippen LogP contribution >= 0.6 is 34.8 Å². The number of amides is 1. The highest BCUT2D eigenvalue weighted by atomic mass is 35.6. The summed E-state index contributed by atoms with van der Waals surface area (Å²) < 4.78 is 8.55. The number of halogens is 3. The molecule has 1 aromatic carbocycles. The molecule has 0 saturated carbocycles. The van der Waals surface area contributed by atoms with Gasteiger partial charge >= 0.3 is 0 Å². The predicted octanol–water partition coefficient (Wildman–Crippen LogP) is 3.99. The molecule has 5 nitrogen and oxygen atoms in total. The molecule has 0 spiro atoms. The number of hydrogen-bond donors (Lipinski definition) is 1. The van der Waals surface area contributed by atoms with Crippen molar-refractivity contribution < 1.29 is 18.7 Å². The summed E-state index contributed by atoms with van der Waals surface area (Å²) in [7, 11) is 0. The lowest BCUT2D eigenvalue weighted by Gasteiger charge is -2.26. The van der Waals surface area contributed by atoms with E-state index in [9.17, 15) is 9.59 Å². The maximum atomic E-state index is 12.0. The van der Waals surface area contributed by atoms with Gasteiger partial charge in [-0.3, -0.25) is 9.59 Å². The third-order valence-electron chi connectivity index (χ3n) is 2.82. The highest BCUT2D eigenvalue weighted by Crippen LogP contribution is 2.32. The summed E-state index contributed by atoms with van der Waals surface area (Å²) >= 11 is 17.5. The number of Topliss-reactive ketones (excluding diaryl/α,β-unsaturated/α-hetero) is 1. The Bertz CT molecular complexity index is 678. The Labute approximate surface area is 147 Å². The van der Waals surface area contributed by atoms with Gasteiger partial charge in [0, 0.05) is 5.56 Å². The van der Waals surface area contributed by atoms with Crippen LogP contribution in [0.3, 0.4) is 0 Å². The molecule has 122 valence electrons. The number of benzene rings is 1. The Morgan fingerprint density at radius 1 is 1.17 bits per heavy atom. The SMILES string of the molecule is CC(=O)c1ccc(O[C@H](NC(=O)c2ccco2)C(Cl)(Cl)Cl)cc1. The maximum absolute atomic E-state index is 12.0. The van der Waals surface area contributed by atoms with Crippen LogP contribution in [-0.4, -0.2) is 21.7 Å². The van der Waals surface area contributed by atoms with Crippen molar-refractivity contribution in [3.63, 3.8) is 0 Å². The van der Waals surface area contributed by atoms with Gasteiger partial charge in [-0.25, -0.2) is 0 Å². The minimum absolute atomic E-state index is 0.0553. The van der Waals surface area contributed by atoms with Crippen molar-refractivity contribution in [2.45, 2.75) is 16.9 Å². The van der Waals surface area contributed by atoms with Crippen LogP contribution in [0, 0.1) is 0 Å². The van der Waals surface area contributed by atoms with Crippen molar-refractivity contribution in [1.82, 2.24) is 5.32 Å². The highest BCUT2D eigenvalue weighted by Gasteiger charge is 2.36. The molecule has 1 heterocycles. The van der Waals surface area contributed by atoms with Crippen molar-refractivity contribution in [3.05, 3.63) is 54.0 Å². The third-order valence-corrected chi connectivity index (χ3v) is 3.41. The van der Waals surface area contributed by atoms with Gasteiger partial charge in [0.2, 0.25) is 10.0 Å². The third kappa shape index (κ3) is 4.89. The molecule has 2 rings (SSSR count). The topological polar surface area (TPSA) is 68.5 Å². The summed E-state index contributed by atoms with van der Waals surface area (Å²) in [6, 6.07) is 9.24. The van der Waals surface area contributed by atoms with Gasteiger partial charge in [-0.1, -0.05) is 34.8 Å². The van der Waals surface area contributed by atoms with Crippen LogP contribution in [0.1, 0.15) is 27.8 Å². The fraction of sp³-hybridized carbons (Fsp3) is 0.200. The Hall–Kier alpha value is -1.69.